The number of aliphatic imine (C=N–C) groups is 1. The number of ether oxygens (including phenoxy) is 3. The number of aryl methyl sites for hydroxylation is 2. The zero-order valence-electron chi connectivity index (χ0n) is 93.4. The number of nitrogens with zero attached hydrogens (tertiary/aromatic N) is 3. The summed E-state index contributed by atoms with van der Waals surface area (Å²) >= 11 is 2.27. The summed E-state index contributed by atoms with van der Waals surface area (Å²) in [6.07, 6.45) is 28.5. The van der Waals surface area contributed by atoms with Crippen molar-refractivity contribution >= 4 is 109 Å². The third-order valence-corrected chi connectivity index (χ3v) is 27.7. The molecule has 0 aliphatic carbocycles. The van der Waals surface area contributed by atoms with E-state index >= 15 is 0 Å². The topological polar surface area (TPSA) is 361 Å². The number of benzene rings is 9. The van der Waals surface area contributed by atoms with Gasteiger partial charge in [0.1, 0.15) is 51.7 Å². The zero-order valence-corrected chi connectivity index (χ0v) is 95.8. The lowest BCUT2D eigenvalue weighted by molar-refractivity contribution is -0.122. The Morgan fingerprint density at radius 1 is 0.456 bits per heavy atom. The first-order chi connectivity index (χ1) is 70.1. The fraction of sp³-hybridized carbons (Fsp3) is 0.504. The number of amides is 4. The first-order valence-corrected chi connectivity index (χ1v) is 55.4. The second kappa shape index (κ2) is 60.9. The van der Waals surface area contributed by atoms with Gasteiger partial charge in [0.05, 0.1) is 64.9 Å². The van der Waals surface area contributed by atoms with Gasteiger partial charge in [-0.2, -0.15) is 13.7 Å². The normalized spacial score (nSPS) is 12.4. The van der Waals surface area contributed by atoms with Crippen LogP contribution in [-0.2, 0) is 58.6 Å². The maximum atomic E-state index is 13.1. The molecule has 0 aliphatic heterocycles. The molecule has 25 nitrogen and oxygen atoms in total. The lowest BCUT2D eigenvalue weighted by atomic mass is 9.69. The number of ketones is 1. The van der Waals surface area contributed by atoms with E-state index in [1.54, 1.807) is 137 Å². The number of phenols is 4. The molecule has 0 spiro atoms. The Kier molecular flexibility index (Phi) is 51.4. The average Bonchev–Trinajstić information content (AvgIpc) is 0.767. The van der Waals surface area contributed by atoms with Gasteiger partial charge >= 0.3 is 28.6 Å². The molecule has 0 radical (unpaired) electrons. The van der Waals surface area contributed by atoms with Crippen molar-refractivity contribution in [2.75, 3.05) is 69.0 Å². The fourth-order valence-electron chi connectivity index (χ4n) is 17.3. The van der Waals surface area contributed by atoms with Crippen molar-refractivity contribution in [2.24, 2.45) is 21.2 Å². The number of hydrogen-bond acceptors (Lipinski definition) is 19. The minimum absolute atomic E-state index is 0.0213. The summed E-state index contributed by atoms with van der Waals surface area (Å²) < 4.78 is 59.6. The van der Waals surface area contributed by atoms with Crippen LogP contribution in [0.3, 0.4) is 0 Å². The van der Waals surface area contributed by atoms with Crippen LogP contribution < -0.4 is 58.2 Å². The Labute approximate surface area is 900 Å². The Hall–Kier alpha value is -11.8. The molecule has 4 amide bonds. The van der Waals surface area contributed by atoms with E-state index in [1.165, 1.54) is 145 Å². The number of aliphatic hydroxyl groups excluding tert-OH is 1. The highest BCUT2D eigenvalue weighted by atomic mass is 35.5. The Bertz CT molecular complexity index is 5790. The molecule has 9 rings (SSSR count). The van der Waals surface area contributed by atoms with Crippen LogP contribution in [0.25, 0.3) is 0 Å². The molecule has 0 aromatic heterocycles. The number of carbonyl (C=O) groups is 4. The van der Waals surface area contributed by atoms with Crippen LogP contribution in [0.15, 0.2) is 181 Å². The summed E-state index contributed by atoms with van der Waals surface area (Å²) in [7, 11) is 1.88. The highest BCUT2D eigenvalue weighted by Crippen LogP contribution is 2.48. The molecule has 0 fully saturated rings. The van der Waals surface area contributed by atoms with Crippen molar-refractivity contribution in [1.29, 1.82) is 5.26 Å². The maximum Gasteiger partial charge on any atom is 0.323 e. The maximum absolute atomic E-state index is 13.1. The van der Waals surface area contributed by atoms with Gasteiger partial charge in [-0.25, -0.2) is 9.79 Å². The summed E-state index contributed by atoms with van der Waals surface area (Å²) in [6.45, 7) is 51.9. The number of Topliss-reactive ketones (excluding diaryl/α,β-unsaturated/α-hetero) is 1. The van der Waals surface area contributed by atoms with Crippen LogP contribution >= 0.6 is 11.6 Å². The van der Waals surface area contributed by atoms with Gasteiger partial charge in [0.25, 0.3) is 11.8 Å². The SMILES string of the molecule is CC(C)(C)CC(C)(C)c1cc(O)c(C(C)(C)CC(C)(C)C)cc1O.CCC(C)(C)c1ccc(OC(C)C(=O)Nc2ccc(NC(=O)Nc3ccc(C#N)cc3)c(O)c2)c(C(C)(C)CC)c1.CCCCCCCCCCCCOc1ccc(OS(=O)Nc2ccc(O)c(NS(=O)Oc3ccc(OCCCCCCCCCCCC)cc3)c2)cc1.Cc1ccc(Cl)c(NC(=O)C(=Nc2ccc(N(C)CCO)cc2C)C(=O)C(C)(C)C)c1. The predicted molar refractivity (Wildman–Crippen MR) is 616 cm³/mol. The van der Waals surface area contributed by atoms with Crippen LogP contribution in [0.1, 0.15) is 345 Å². The lowest BCUT2D eigenvalue weighted by Crippen LogP contribution is -2.37. The highest BCUT2D eigenvalue weighted by molar-refractivity contribution is 7.82. The van der Waals surface area contributed by atoms with Gasteiger partial charge in [-0.05, 0) is 260 Å². The second-order valence-corrected chi connectivity index (χ2v) is 46.8. The standard InChI is InChI=1S/C42H64N2O7S2.C33H40N4O4.C24H30ClN3O3.C22H38O2/c1-3-5-7-9-11-13-15-17-19-21-33-48-37-24-28-39(29-25-37)50-52(46)43-36-23-32-42(45)41(35-36)44-53(47)51-40-30-26-38(27-31-40)49-34-22-20-18-16-14-12-10-8-6-4-2;1-8-32(4,5)23-12-17-29(26(18-23)33(6,7)9-2)41-21(3)30(39)35-25-15-16-27(28(38)19-25)37-31(40)36-24-13-10-22(20-34)11-14-24;1-15-7-9-18(25)20(13-15)27-23(31)21(22(30)24(3,4)5)26-19-10-8-17(14-16(19)2)28(6)11-12-29;1-19(2,3)13-21(7,8)15-11-18(24)16(12-17(15)23)22(9,10)14-20(4,5)6/h23-32,35,43-45H,3-22,33-34H2,1-2H3;10-19,21,38H,8-9H2,1-7H3,(H,35,39)(H2,36,37,40);7-10,13-14,29H,11-12H2,1-6H3,(H,27,31);11-12,23-24H,13-14H2,1-10H3. The number of rotatable bonds is 53. The number of likely N-dealkylation sites (N-methyl/N-ethyl adjacent to an activating group) is 1. The minimum atomic E-state index is -2.01. The molecular formula is C121H172ClN9O16S2. The van der Waals surface area contributed by atoms with Gasteiger partial charge in [0.2, 0.25) is 0 Å². The summed E-state index contributed by atoms with van der Waals surface area (Å²) in [4.78, 5) is 57.9. The van der Waals surface area contributed by atoms with E-state index in [0.717, 1.165) is 89.9 Å². The number of phenolic OH excluding ortho intramolecular Hbond substituents is 4. The largest absolute Gasteiger partial charge is 0.508 e. The van der Waals surface area contributed by atoms with E-state index in [2.05, 4.69) is 172 Å². The molecular weight excluding hydrogens is 1930 g/mol. The number of unbranched alkanes of at least 4 members (excludes halogenated alkanes) is 18. The van der Waals surface area contributed by atoms with Crippen LogP contribution in [0, 0.1) is 41.4 Å². The monoisotopic (exact) mass is 2110 g/mol. The third kappa shape index (κ3) is 44.7. The van der Waals surface area contributed by atoms with Crippen molar-refractivity contribution in [3.05, 3.63) is 220 Å². The Morgan fingerprint density at radius 2 is 0.933 bits per heavy atom. The van der Waals surface area contributed by atoms with E-state index < -0.39 is 46.0 Å². The van der Waals surface area contributed by atoms with Crippen molar-refractivity contribution in [3.63, 3.8) is 0 Å². The summed E-state index contributed by atoms with van der Waals surface area (Å²) in [5.74, 6) is 1.79. The van der Waals surface area contributed by atoms with Crippen LogP contribution in [0.5, 0.6) is 51.7 Å². The Morgan fingerprint density at radius 3 is 1.40 bits per heavy atom. The van der Waals surface area contributed by atoms with Gasteiger partial charge in [-0.1, -0.05) is 291 Å². The van der Waals surface area contributed by atoms with Crippen molar-refractivity contribution < 1.29 is 75.7 Å². The van der Waals surface area contributed by atoms with Gasteiger partial charge < -0.3 is 74.3 Å². The quantitative estimate of drug-likeness (QED) is 0.00554. The van der Waals surface area contributed by atoms with E-state index in [1.807, 2.05) is 56.1 Å². The Balaban J connectivity index is 0.000000316. The first kappa shape index (κ1) is 126. The lowest BCUT2D eigenvalue weighted by Gasteiger charge is -2.36. The number of halogens is 1. The number of aromatic hydroxyl groups is 4. The molecule has 28 heteroatoms. The first-order valence-electron chi connectivity index (χ1n) is 52.9. The zero-order chi connectivity index (χ0) is 111. The molecule has 0 aliphatic rings. The average molecular weight is 2110 g/mol. The minimum Gasteiger partial charge on any atom is -0.508 e. The molecule has 816 valence electrons. The summed E-state index contributed by atoms with van der Waals surface area (Å²) in [5, 5.41) is 71.3. The van der Waals surface area contributed by atoms with Crippen molar-refractivity contribution in [3.8, 4) is 57.8 Å². The van der Waals surface area contributed by atoms with Gasteiger partial charge in [0, 0.05) is 58.8 Å². The van der Waals surface area contributed by atoms with E-state index in [0.29, 0.717) is 87.5 Å². The number of urea groups is 1. The molecule has 11 N–H and O–H groups in total. The number of nitrogens with one attached hydrogen (secondary N) is 6. The fourth-order valence-corrected chi connectivity index (χ4v) is 18.8. The number of aliphatic hydroxyl groups is 1. The predicted octanol–water partition coefficient (Wildman–Crippen LogP) is 31.1. The number of hydrogen-bond donors (Lipinski definition) is 11. The smallest absolute Gasteiger partial charge is 0.323 e. The van der Waals surface area contributed by atoms with E-state index in [4.69, 9.17) is 44.5 Å². The molecule has 3 unspecified atom stereocenters. The molecule has 3 atom stereocenters. The number of carbonyl (C=O) groups excluding carboxylic acids is 4. The van der Waals surface area contributed by atoms with Gasteiger partial charge in [-0.3, -0.25) is 23.8 Å². The highest BCUT2D eigenvalue weighted by Gasteiger charge is 2.37. The molecule has 9 aromatic carbocycles. The molecule has 0 saturated heterocycles. The molecule has 149 heavy (non-hydrogen) atoms. The summed E-state index contributed by atoms with van der Waals surface area (Å²) in [6, 6.07) is 51.1. The van der Waals surface area contributed by atoms with Crippen LogP contribution in [0.4, 0.5) is 50.3 Å². The van der Waals surface area contributed by atoms with Gasteiger partial charge in [-0.15, -0.1) is 0 Å². The van der Waals surface area contributed by atoms with E-state index in [9.17, 15) is 48.0 Å². The second-order valence-electron chi connectivity index (χ2n) is 44.7. The van der Waals surface area contributed by atoms with Crippen molar-refractivity contribution in [2.45, 2.75) is 348 Å². The van der Waals surface area contributed by atoms with Gasteiger partial charge in [0.15, 0.2) is 17.6 Å². The summed E-state index contributed by atoms with van der Waals surface area (Å²) in [5.41, 5.74) is 8.35. The van der Waals surface area contributed by atoms with Crippen LogP contribution in [0.2, 0.25) is 5.02 Å². The third-order valence-electron chi connectivity index (χ3n) is 25.9. The van der Waals surface area contributed by atoms with Crippen molar-refractivity contribution in [1.82, 2.24) is 0 Å². The number of nitriles is 1. The van der Waals surface area contributed by atoms with E-state index in [-0.39, 0.29) is 79.4 Å². The molecule has 0 heterocycles. The molecule has 0 bridgehead atoms. The number of anilines is 7. The molecule has 0 saturated carbocycles. The molecule has 9 aromatic rings. The van der Waals surface area contributed by atoms with Crippen LogP contribution in [-0.4, -0.2) is 103 Å².